The Balaban J connectivity index is 1.83. The van der Waals surface area contributed by atoms with Gasteiger partial charge in [0.15, 0.2) is 6.04 Å². The van der Waals surface area contributed by atoms with Gasteiger partial charge in [-0.2, -0.15) is 13.2 Å². The summed E-state index contributed by atoms with van der Waals surface area (Å²) < 4.78 is 37.8. The summed E-state index contributed by atoms with van der Waals surface area (Å²) >= 11 is 0. The van der Waals surface area contributed by atoms with Crippen molar-refractivity contribution in [2.45, 2.75) is 63.8 Å². The van der Waals surface area contributed by atoms with Gasteiger partial charge in [0, 0.05) is 11.6 Å². The van der Waals surface area contributed by atoms with Gasteiger partial charge in [0.05, 0.1) is 12.6 Å². The summed E-state index contributed by atoms with van der Waals surface area (Å²) in [5, 5.41) is 5.19. The van der Waals surface area contributed by atoms with Gasteiger partial charge in [-0.15, -0.1) is 0 Å². The smallest absolute Gasteiger partial charge is 0.335 e. The monoisotopic (exact) mass is 386 g/mol. The number of likely N-dealkylation sites (N-methyl/N-ethyl adjacent to an activating group) is 1. The van der Waals surface area contributed by atoms with Crippen LogP contribution in [0.4, 0.5) is 18.0 Å². The molecule has 1 aliphatic rings. The Hall–Kier alpha value is -2.09. The van der Waals surface area contributed by atoms with Gasteiger partial charge in [0.25, 0.3) is 5.91 Å². The van der Waals surface area contributed by atoms with Crippen LogP contribution in [-0.4, -0.2) is 31.1 Å². The molecular formula is C19H27F3N3O2+. The minimum absolute atomic E-state index is 0.110. The lowest BCUT2D eigenvalue weighted by molar-refractivity contribution is -0.908. The van der Waals surface area contributed by atoms with E-state index in [4.69, 9.17) is 0 Å². The van der Waals surface area contributed by atoms with Crippen LogP contribution in [0, 0.1) is 0 Å². The van der Waals surface area contributed by atoms with Crippen LogP contribution in [0.3, 0.4) is 0 Å². The van der Waals surface area contributed by atoms with E-state index >= 15 is 0 Å². The zero-order valence-corrected chi connectivity index (χ0v) is 15.7. The van der Waals surface area contributed by atoms with E-state index in [1.807, 2.05) is 0 Å². The molecule has 8 heteroatoms. The van der Waals surface area contributed by atoms with Gasteiger partial charge >= 0.3 is 12.2 Å². The second-order valence-corrected chi connectivity index (χ2v) is 7.24. The normalized spacial score (nSPS) is 17.8. The average molecular weight is 386 g/mol. The van der Waals surface area contributed by atoms with Crippen molar-refractivity contribution in [3.05, 3.63) is 35.4 Å². The van der Waals surface area contributed by atoms with Crippen molar-refractivity contribution in [2.24, 2.45) is 0 Å². The van der Waals surface area contributed by atoms with Gasteiger partial charge in [0.2, 0.25) is 0 Å². The Morgan fingerprint density at radius 1 is 1.15 bits per heavy atom. The number of imide groups is 1. The van der Waals surface area contributed by atoms with E-state index < -0.39 is 29.7 Å². The van der Waals surface area contributed by atoms with Gasteiger partial charge < -0.3 is 10.2 Å². The summed E-state index contributed by atoms with van der Waals surface area (Å²) in [6, 6.07) is 3.99. The van der Waals surface area contributed by atoms with Crippen molar-refractivity contribution in [3.63, 3.8) is 0 Å². The highest BCUT2D eigenvalue weighted by atomic mass is 19.4. The molecule has 2 atom stereocenters. The molecule has 1 aliphatic carbocycles. The standard InChI is InChI=1S/C19H26F3N3O2/c1-13(17(26)24-18(27)23-16-6-4-3-5-7-16)25(2)12-14-8-10-15(11-9-14)19(20,21)22/h8-11,13,16H,3-7,12H2,1-2H3,(H2,23,24,26,27)/p+1/t13-/m1/s1. The van der Waals surface area contributed by atoms with E-state index in [-0.39, 0.29) is 6.04 Å². The van der Waals surface area contributed by atoms with Crippen LogP contribution >= 0.6 is 0 Å². The second kappa shape index (κ2) is 9.21. The number of rotatable bonds is 5. The largest absolute Gasteiger partial charge is 0.416 e. The number of quaternary nitrogens is 1. The highest BCUT2D eigenvalue weighted by Gasteiger charge is 2.30. The van der Waals surface area contributed by atoms with Crippen LogP contribution in [0.5, 0.6) is 0 Å². The van der Waals surface area contributed by atoms with E-state index in [9.17, 15) is 22.8 Å². The van der Waals surface area contributed by atoms with Crippen LogP contribution in [-0.2, 0) is 17.5 Å². The van der Waals surface area contributed by atoms with E-state index in [1.54, 1.807) is 14.0 Å². The average Bonchev–Trinajstić information content (AvgIpc) is 2.61. The Morgan fingerprint density at radius 2 is 1.74 bits per heavy atom. The molecule has 3 amide bonds. The Kier molecular flexibility index (Phi) is 7.24. The number of benzene rings is 1. The lowest BCUT2D eigenvalue weighted by Gasteiger charge is -2.24. The first-order valence-electron chi connectivity index (χ1n) is 9.26. The molecule has 1 aromatic rings. The van der Waals surface area contributed by atoms with Crippen LogP contribution in [0.1, 0.15) is 50.2 Å². The number of hydrogen-bond donors (Lipinski definition) is 3. The van der Waals surface area contributed by atoms with Crippen LogP contribution in [0.2, 0.25) is 0 Å². The maximum Gasteiger partial charge on any atom is 0.416 e. The fourth-order valence-electron chi connectivity index (χ4n) is 3.20. The molecule has 0 radical (unpaired) electrons. The van der Waals surface area contributed by atoms with Gasteiger partial charge in [0.1, 0.15) is 6.54 Å². The molecule has 1 saturated carbocycles. The molecule has 0 bridgehead atoms. The maximum atomic E-state index is 12.6. The summed E-state index contributed by atoms with van der Waals surface area (Å²) in [5.74, 6) is -0.410. The highest BCUT2D eigenvalue weighted by Crippen LogP contribution is 2.28. The van der Waals surface area contributed by atoms with Crippen molar-refractivity contribution in [2.75, 3.05) is 7.05 Å². The van der Waals surface area contributed by atoms with E-state index in [0.717, 1.165) is 42.7 Å². The van der Waals surface area contributed by atoms with Crippen LogP contribution in [0.25, 0.3) is 0 Å². The van der Waals surface area contributed by atoms with Crippen LogP contribution in [0.15, 0.2) is 24.3 Å². The number of nitrogens with one attached hydrogen (secondary N) is 3. The number of urea groups is 1. The molecule has 5 nitrogen and oxygen atoms in total. The van der Waals surface area contributed by atoms with Gasteiger partial charge in [-0.25, -0.2) is 4.79 Å². The maximum absolute atomic E-state index is 12.6. The fourth-order valence-corrected chi connectivity index (χ4v) is 3.20. The zero-order valence-electron chi connectivity index (χ0n) is 15.7. The number of carbonyl (C=O) groups is 2. The predicted octanol–water partition coefficient (Wildman–Crippen LogP) is 2.27. The van der Waals surface area contributed by atoms with Crippen molar-refractivity contribution in [1.29, 1.82) is 0 Å². The first-order valence-corrected chi connectivity index (χ1v) is 9.26. The lowest BCUT2D eigenvalue weighted by Crippen LogP contribution is -3.12. The molecule has 0 heterocycles. The summed E-state index contributed by atoms with van der Waals surface area (Å²) in [5.41, 5.74) is -0.0131. The number of amides is 3. The minimum atomic E-state index is -4.36. The Morgan fingerprint density at radius 3 is 2.30 bits per heavy atom. The third-order valence-corrected chi connectivity index (χ3v) is 5.07. The summed E-state index contributed by atoms with van der Waals surface area (Å²) in [6.45, 7) is 2.06. The van der Waals surface area contributed by atoms with Crippen molar-refractivity contribution in [1.82, 2.24) is 10.6 Å². The molecule has 2 rings (SSSR count). The third-order valence-electron chi connectivity index (χ3n) is 5.07. The molecule has 3 N–H and O–H groups in total. The zero-order chi connectivity index (χ0) is 20.0. The van der Waals surface area contributed by atoms with Crippen molar-refractivity contribution < 1.29 is 27.7 Å². The highest BCUT2D eigenvalue weighted by molar-refractivity contribution is 5.96. The summed E-state index contributed by atoms with van der Waals surface area (Å²) in [4.78, 5) is 25.0. The molecule has 1 aromatic carbocycles. The Bertz CT molecular complexity index is 641. The van der Waals surface area contributed by atoms with E-state index in [0.29, 0.717) is 12.1 Å². The molecule has 1 fully saturated rings. The molecule has 150 valence electrons. The number of carbonyl (C=O) groups excluding carboxylic acids is 2. The summed E-state index contributed by atoms with van der Waals surface area (Å²) in [6.07, 6.45) is 0.821. The molecular weight excluding hydrogens is 359 g/mol. The number of halogens is 3. The number of hydrogen-bond acceptors (Lipinski definition) is 2. The topological polar surface area (TPSA) is 62.6 Å². The molecule has 0 saturated heterocycles. The predicted molar refractivity (Wildman–Crippen MR) is 95.0 cm³/mol. The molecule has 1 unspecified atom stereocenters. The summed E-state index contributed by atoms with van der Waals surface area (Å²) in [7, 11) is 1.76. The number of alkyl halides is 3. The first kappa shape index (κ1) is 21.2. The molecule has 0 aliphatic heterocycles. The molecule has 0 spiro atoms. The first-order chi connectivity index (χ1) is 12.7. The SMILES string of the molecule is C[C@H](C(=O)NC(=O)NC1CCCCC1)[NH+](C)Cc1ccc(C(F)(F)F)cc1. The van der Waals surface area contributed by atoms with Gasteiger partial charge in [-0.05, 0) is 31.9 Å². The minimum Gasteiger partial charge on any atom is -0.335 e. The second-order valence-electron chi connectivity index (χ2n) is 7.24. The van der Waals surface area contributed by atoms with Crippen LogP contribution < -0.4 is 15.5 Å². The molecule has 0 aromatic heterocycles. The van der Waals surface area contributed by atoms with E-state index in [2.05, 4.69) is 10.6 Å². The molecule has 27 heavy (non-hydrogen) atoms. The Labute approximate surface area is 157 Å². The van der Waals surface area contributed by atoms with Gasteiger partial charge in [-0.3, -0.25) is 10.1 Å². The van der Waals surface area contributed by atoms with Crippen molar-refractivity contribution >= 4 is 11.9 Å². The van der Waals surface area contributed by atoms with E-state index in [1.165, 1.54) is 18.6 Å². The van der Waals surface area contributed by atoms with Gasteiger partial charge in [-0.1, -0.05) is 31.4 Å². The quantitative estimate of drug-likeness (QED) is 0.727. The third kappa shape index (κ3) is 6.53. The lowest BCUT2D eigenvalue weighted by atomic mass is 9.96. The van der Waals surface area contributed by atoms with Crippen molar-refractivity contribution in [3.8, 4) is 0 Å². The fraction of sp³-hybridized carbons (Fsp3) is 0.579.